The van der Waals surface area contributed by atoms with Crippen molar-refractivity contribution in [2.45, 2.75) is 38.3 Å². The summed E-state index contributed by atoms with van der Waals surface area (Å²) in [6.07, 6.45) is 3.86. The Kier molecular flexibility index (Phi) is 5.79. The number of hydrogen-bond donors (Lipinski definition) is 2. The molecule has 1 aliphatic carbocycles. The minimum atomic E-state index is -0.104. The molecule has 0 radical (unpaired) electrons. The molecule has 2 N–H and O–H groups in total. The molecule has 2 nitrogen and oxygen atoms in total. The summed E-state index contributed by atoms with van der Waals surface area (Å²) in [5, 5.41) is 14.5. The summed E-state index contributed by atoms with van der Waals surface area (Å²) in [5.41, 5.74) is 0.853. The summed E-state index contributed by atoms with van der Waals surface area (Å²) in [4.78, 5) is 0. The van der Waals surface area contributed by atoms with E-state index in [1.54, 1.807) is 12.1 Å². The van der Waals surface area contributed by atoms with E-state index >= 15 is 0 Å². The van der Waals surface area contributed by atoms with Crippen LogP contribution in [0.3, 0.4) is 0 Å². The molecule has 5 heteroatoms. The molecule has 1 fully saturated rings. The molecule has 1 saturated carbocycles. The summed E-state index contributed by atoms with van der Waals surface area (Å²) in [6.45, 7) is 1.54. The van der Waals surface area contributed by atoms with Crippen LogP contribution in [0.1, 0.15) is 31.2 Å². The normalized spacial score (nSPS) is 23.6. The van der Waals surface area contributed by atoms with Crippen molar-refractivity contribution in [2.24, 2.45) is 5.92 Å². The van der Waals surface area contributed by atoms with Crippen molar-refractivity contribution in [1.82, 2.24) is 5.32 Å². The zero-order valence-electron chi connectivity index (χ0n) is 10.6. The maximum atomic E-state index is 9.46. The van der Waals surface area contributed by atoms with Crippen LogP contribution in [0.4, 0.5) is 0 Å². The standard InChI is InChI=1S/C14H18Cl3NO/c15-12-5-6-13(16)14(17)11(12)8-18-7-9-1-3-10(19)4-2-9/h5-6,9-10,18-19H,1-4,7-8H2. The Bertz CT molecular complexity index is 431. The van der Waals surface area contributed by atoms with Gasteiger partial charge < -0.3 is 10.4 Å². The smallest absolute Gasteiger partial charge is 0.0652 e. The highest BCUT2D eigenvalue weighted by atomic mass is 35.5. The average Bonchev–Trinajstić information content (AvgIpc) is 2.40. The first-order valence-corrected chi connectivity index (χ1v) is 7.72. The van der Waals surface area contributed by atoms with Crippen LogP contribution < -0.4 is 5.32 Å². The van der Waals surface area contributed by atoms with Gasteiger partial charge in [0.2, 0.25) is 0 Å². The number of halogens is 3. The van der Waals surface area contributed by atoms with Gasteiger partial charge in [-0.2, -0.15) is 0 Å². The summed E-state index contributed by atoms with van der Waals surface area (Å²) in [7, 11) is 0. The lowest BCUT2D eigenvalue weighted by Crippen LogP contribution is -2.27. The Hall–Kier alpha value is 0.01000. The summed E-state index contributed by atoms with van der Waals surface area (Å²) in [6, 6.07) is 3.47. The first kappa shape index (κ1) is 15.4. The van der Waals surface area contributed by atoms with Crippen LogP contribution in [0.15, 0.2) is 12.1 Å². The molecule has 0 aromatic heterocycles. The molecule has 0 spiro atoms. The third-order valence-electron chi connectivity index (χ3n) is 3.69. The predicted molar refractivity (Wildman–Crippen MR) is 81.1 cm³/mol. The first-order valence-electron chi connectivity index (χ1n) is 6.59. The second-order valence-electron chi connectivity index (χ2n) is 5.13. The molecule has 0 aliphatic heterocycles. The number of aliphatic hydroxyl groups excluding tert-OH is 1. The number of nitrogens with one attached hydrogen (secondary N) is 1. The van der Waals surface area contributed by atoms with Crippen LogP contribution in [-0.4, -0.2) is 17.8 Å². The fourth-order valence-corrected chi connectivity index (χ4v) is 3.16. The van der Waals surface area contributed by atoms with Gasteiger partial charge in [0.05, 0.1) is 16.1 Å². The number of rotatable bonds is 4. The molecule has 2 rings (SSSR count). The lowest BCUT2D eigenvalue weighted by Gasteiger charge is -2.25. The van der Waals surface area contributed by atoms with Gasteiger partial charge in [-0.05, 0) is 50.3 Å². The molecule has 19 heavy (non-hydrogen) atoms. The molecule has 1 aliphatic rings. The maximum Gasteiger partial charge on any atom is 0.0652 e. The minimum absolute atomic E-state index is 0.104. The van der Waals surface area contributed by atoms with Crippen LogP contribution in [0.2, 0.25) is 15.1 Å². The second kappa shape index (κ2) is 7.14. The Labute approximate surface area is 129 Å². The topological polar surface area (TPSA) is 32.3 Å². The summed E-state index contributed by atoms with van der Waals surface area (Å²) >= 11 is 18.3. The molecule has 0 amide bonds. The van der Waals surface area contributed by atoms with E-state index in [2.05, 4.69) is 5.32 Å². The number of aliphatic hydroxyl groups is 1. The first-order chi connectivity index (χ1) is 9.08. The van der Waals surface area contributed by atoms with Gasteiger partial charge in [0.15, 0.2) is 0 Å². The van der Waals surface area contributed by atoms with Gasteiger partial charge in [-0.15, -0.1) is 0 Å². The van der Waals surface area contributed by atoms with Gasteiger partial charge in [0, 0.05) is 17.1 Å². The van der Waals surface area contributed by atoms with E-state index in [1.165, 1.54) is 0 Å². The zero-order valence-corrected chi connectivity index (χ0v) is 12.9. The average molecular weight is 323 g/mol. The van der Waals surface area contributed by atoms with Gasteiger partial charge >= 0.3 is 0 Å². The van der Waals surface area contributed by atoms with Gasteiger partial charge in [0.25, 0.3) is 0 Å². The van der Waals surface area contributed by atoms with Crippen molar-refractivity contribution < 1.29 is 5.11 Å². The van der Waals surface area contributed by atoms with E-state index in [1.807, 2.05) is 0 Å². The molecule has 106 valence electrons. The number of hydrogen-bond acceptors (Lipinski definition) is 2. The minimum Gasteiger partial charge on any atom is -0.393 e. The van der Waals surface area contributed by atoms with Crippen LogP contribution >= 0.6 is 34.8 Å². The highest BCUT2D eigenvalue weighted by Gasteiger charge is 2.19. The van der Waals surface area contributed by atoms with E-state index in [0.29, 0.717) is 27.5 Å². The molecule has 1 aromatic carbocycles. The lowest BCUT2D eigenvalue weighted by atomic mass is 9.87. The number of benzene rings is 1. The van der Waals surface area contributed by atoms with E-state index in [9.17, 15) is 5.11 Å². The van der Waals surface area contributed by atoms with E-state index in [4.69, 9.17) is 34.8 Å². The quantitative estimate of drug-likeness (QED) is 0.811. The Morgan fingerprint density at radius 1 is 1.05 bits per heavy atom. The Morgan fingerprint density at radius 2 is 1.68 bits per heavy atom. The van der Waals surface area contributed by atoms with Crippen LogP contribution in [-0.2, 0) is 6.54 Å². The highest BCUT2D eigenvalue weighted by Crippen LogP contribution is 2.31. The highest BCUT2D eigenvalue weighted by molar-refractivity contribution is 6.44. The maximum absolute atomic E-state index is 9.46. The Morgan fingerprint density at radius 3 is 2.37 bits per heavy atom. The van der Waals surface area contributed by atoms with E-state index < -0.39 is 0 Å². The van der Waals surface area contributed by atoms with Crippen molar-refractivity contribution in [2.75, 3.05) is 6.54 Å². The fourth-order valence-electron chi connectivity index (χ4n) is 2.48. The van der Waals surface area contributed by atoms with Crippen LogP contribution in [0, 0.1) is 5.92 Å². The summed E-state index contributed by atoms with van der Waals surface area (Å²) in [5.74, 6) is 0.625. The SMILES string of the molecule is OC1CCC(CNCc2c(Cl)ccc(Cl)c2Cl)CC1. The third kappa shape index (κ3) is 4.24. The molecule has 0 heterocycles. The van der Waals surface area contributed by atoms with Gasteiger partial charge in [-0.3, -0.25) is 0 Å². The van der Waals surface area contributed by atoms with E-state index in [-0.39, 0.29) is 6.10 Å². The van der Waals surface area contributed by atoms with Crippen molar-refractivity contribution in [3.05, 3.63) is 32.8 Å². The molecule has 0 unspecified atom stereocenters. The monoisotopic (exact) mass is 321 g/mol. The van der Waals surface area contributed by atoms with Gasteiger partial charge in [0.1, 0.15) is 0 Å². The molecule has 0 atom stereocenters. The van der Waals surface area contributed by atoms with Gasteiger partial charge in [-0.1, -0.05) is 34.8 Å². The molecule has 1 aromatic rings. The summed E-state index contributed by atoms with van der Waals surface area (Å²) < 4.78 is 0. The predicted octanol–water partition coefficient (Wildman–Crippen LogP) is 4.29. The lowest BCUT2D eigenvalue weighted by molar-refractivity contribution is 0.108. The van der Waals surface area contributed by atoms with Crippen LogP contribution in [0.25, 0.3) is 0 Å². The van der Waals surface area contributed by atoms with Crippen molar-refractivity contribution in [3.63, 3.8) is 0 Å². The van der Waals surface area contributed by atoms with Crippen molar-refractivity contribution >= 4 is 34.8 Å². The largest absolute Gasteiger partial charge is 0.393 e. The second-order valence-corrected chi connectivity index (χ2v) is 6.32. The third-order valence-corrected chi connectivity index (χ3v) is 4.89. The van der Waals surface area contributed by atoms with Crippen molar-refractivity contribution in [3.8, 4) is 0 Å². The zero-order chi connectivity index (χ0) is 13.8. The van der Waals surface area contributed by atoms with Crippen LogP contribution in [0.5, 0.6) is 0 Å². The van der Waals surface area contributed by atoms with Gasteiger partial charge in [-0.25, -0.2) is 0 Å². The molecular weight excluding hydrogens is 305 g/mol. The van der Waals surface area contributed by atoms with Crippen molar-refractivity contribution in [1.29, 1.82) is 0 Å². The Balaban J connectivity index is 1.84. The fraction of sp³-hybridized carbons (Fsp3) is 0.571. The molecular formula is C14H18Cl3NO. The molecule has 0 saturated heterocycles. The van der Waals surface area contributed by atoms with E-state index in [0.717, 1.165) is 37.8 Å². The molecule has 0 bridgehead atoms.